The van der Waals surface area contributed by atoms with Crippen molar-refractivity contribution in [1.82, 2.24) is 10.1 Å². The fourth-order valence-corrected chi connectivity index (χ4v) is 4.09. The van der Waals surface area contributed by atoms with Gasteiger partial charge in [0.05, 0.1) is 11.8 Å². The number of hydrogen-bond acceptors (Lipinski definition) is 4. The number of rotatable bonds is 4. The Morgan fingerprint density at radius 1 is 1.25 bits per heavy atom. The van der Waals surface area contributed by atoms with Gasteiger partial charge in [0.25, 0.3) is 0 Å². The summed E-state index contributed by atoms with van der Waals surface area (Å²) < 4.78 is 37.8. The third kappa shape index (κ3) is 5.47. The maximum atomic E-state index is 13.3. The number of likely N-dealkylation sites (tertiary alicyclic amines) is 1. The summed E-state index contributed by atoms with van der Waals surface area (Å²) >= 11 is 0. The molecule has 0 unspecified atom stereocenters. The number of nitrogens with zero attached hydrogens (tertiary/aromatic N) is 2. The highest BCUT2D eigenvalue weighted by Gasteiger charge is 2.35. The molecule has 32 heavy (non-hydrogen) atoms. The summed E-state index contributed by atoms with van der Waals surface area (Å²) in [5.41, 5.74) is 3.87. The summed E-state index contributed by atoms with van der Waals surface area (Å²) in [5, 5.41) is 6.65. The first-order valence-electron chi connectivity index (χ1n) is 11.1. The molecule has 1 N–H and O–H groups in total. The Hall–Kier alpha value is -2.90. The van der Waals surface area contributed by atoms with Crippen molar-refractivity contribution in [2.24, 2.45) is 0 Å². The molecule has 2 amide bonds. The molecule has 1 aliphatic carbocycles. The molecule has 0 spiro atoms. The van der Waals surface area contributed by atoms with Gasteiger partial charge in [-0.3, -0.25) is 5.32 Å². The van der Waals surface area contributed by atoms with E-state index in [0.717, 1.165) is 29.7 Å². The first kappa shape index (κ1) is 22.3. The summed E-state index contributed by atoms with van der Waals surface area (Å²) in [6, 6.07) is 7.56. The Labute approximate surface area is 186 Å². The number of aryl methyl sites for hydroxylation is 1. The predicted molar refractivity (Wildman–Crippen MR) is 118 cm³/mol. The van der Waals surface area contributed by atoms with Crippen LogP contribution in [0.25, 0.3) is 6.08 Å². The highest BCUT2D eigenvalue weighted by atomic mass is 19.3. The van der Waals surface area contributed by atoms with Gasteiger partial charge in [0, 0.05) is 31.5 Å². The van der Waals surface area contributed by atoms with Crippen LogP contribution in [-0.2, 0) is 0 Å². The van der Waals surface area contributed by atoms with Crippen LogP contribution in [0.1, 0.15) is 55.3 Å². The van der Waals surface area contributed by atoms with Gasteiger partial charge in [-0.15, -0.1) is 0 Å². The maximum absolute atomic E-state index is 13.3. The average molecular weight is 446 g/mol. The predicted octanol–water partition coefficient (Wildman–Crippen LogP) is 5.96. The number of ether oxygens (including phenoxy) is 1. The topological polar surface area (TPSA) is 67.6 Å². The minimum atomic E-state index is -2.55. The molecule has 0 atom stereocenters. The fraction of sp³-hybridized carbons (Fsp3) is 0.500. The number of carbonyl (C=O) groups excluding carboxylic acids is 1. The first-order valence-corrected chi connectivity index (χ1v) is 11.1. The van der Waals surface area contributed by atoms with E-state index in [4.69, 9.17) is 9.26 Å². The Kier molecular flexibility index (Phi) is 6.48. The molecule has 4 rings (SSSR count). The van der Waals surface area contributed by atoms with E-state index >= 15 is 0 Å². The summed E-state index contributed by atoms with van der Waals surface area (Å²) in [6.07, 6.45) is 4.07. The molecule has 1 saturated carbocycles. The van der Waals surface area contributed by atoms with Crippen LogP contribution in [0, 0.1) is 13.8 Å². The third-order valence-corrected chi connectivity index (χ3v) is 6.27. The number of benzene rings is 1. The van der Waals surface area contributed by atoms with Crippen molar-refractivity contribution in [3.63, 3.8) is 0 Å². The molecule has 2 aliphatic rings. The Morgan fingerprint density at radius 3 is 2.62 bits per heavy atom. The summed E-state index contributed by atoms with van der Waals surface area (Å²) in [5.74, 6) is -1.44. The summed E-state index contributed by atoms with van der Waals surface area (Å²) in [4.78, 5) is 14.3. The van der Waals surface area contributed by atoms with Crippen LogP contribution in [0.2, 0.25) is 0 Å². The molecule has 8 heteroatoms. The number of alkyl halides is 2. The average Bonchev–Trinajstić information content (AvgIpc) is 3.08. The van der Waals surface area contributed by atoms with Gasteiger partial charge in [0.15, 0.2) is 0 Å². The lowest BCUT2D eigenvalue weighted by molar-refractivity contribution is -0.0582. The maximum Gasteiger partial charge on any atom is 0.324 e. The molecule has 6 nitrogen and oxygen atoms in total. The van der Waals surface area contributed by atoms with Crippen molar-refractivity contribution >= 4 is 18.0 Å². The van der Waals surface area contributed by atoms with Gasteiger partial charge in [0.2, 0.25) is 11.8 Å². The zero-order valence-electron chi connectivity index (χ0n) is 18.5. The molecular weight excluding hydrogens is 416 g/mol. The number of nitrogens with one attached hydrogen (secondary N) is 1. The highest BCUT2D eigenvalue weighted by Crippen LogP contribution is 2.35. The van der Waals surface area contributed by atoms with E-state index in [2.05, 4.69) is 16.5 Å². The smallest absolute Gasteiger partial charge is 0.324 e. The number of piperidine rings is 1. The molecule has 1 aliphatic heterocycles. The van der Waals surface area contributed by atoms with E-state index in [-0.39, 0.29) is 25.0 Å². The van der Waals surface area contributed by atoms with Crippen LogP contribution in [0.3, 0.4) is 0 Å². The van der Waals surface area contributed by atoms with Crippen LogP contribution in [0.5, 0.6) is 5.75 Å². The Balaban J connectivity index is 1.30. The van der Waals surface area contributed by atoms with Gasteiger partial charge >= 0.3 is 6.03 Å². The van der Waals surface area contributed by atoms with Gasteiger partial charge in [-0.05, 0) is 57.2 Å². The SMILES string of the molecule is Cc1noc(NC(=O)N2CCC(=Cc3cccc(OC4CCC(F)(F)CC4)c3)CC2)c1C. The Bertz CT molecular complexity index is 982. The second kappa shape index (κ2) is 9.30. The number of aromatic nitrogens is 1. The number of urea groups is 1. The minimum Gasteiger partial charge on any atom is -0.490 e. The molecule has 172 valence electrons. The monoisotopic (exact) mass is 445 g/mol. The fourth-order valence-electron chi connectivity index (χ4n) is 4.09. The van der Waals surface area contributed by atoms with Crippen molar-refractivity contribution in [2.45, 2.75) is 64.4 Å². The second-order valence-electron chi connectivity index (χ2n) is 8.69. The van der Waals surface area contributed by atoms with E-state index in [1.807, 2.05) is 38.1 Å². The van der Waals surface area contributed by atoms with Gasteiger partial charge in [-0.25, -0.2) is 13.6 Å². The third-order valence-electron chi connectivity index (χ3n) is 6.27. The molecule has 0 bridgehead atoms. The van der Waals surface area contributed by atoms with Crippen molar-refractivity contribution in [1.29, 1.82) is 0 Å². The van der Waals surface area contributed by atoms with E-state index < -0.39 is 5.92 Å². The van der Waals surface area contributed by atoms with Gasteiger partial charge in [-0.2, -0.15) is 0 Å². The summed E-state index contributed by atoms with van der Waals surface area (Å²) in [6.45, 7) is 4.94. The first-order chi connectivity index (χ1) is 15.3. The number of carbonyl (C=O) groups is 1. The second-order valence-corrected chi connectivity index (χ2v) is 8.69. The van der Waals surface area contributed by atoms with E-state index in [1.165, 1.54) is 5.57 Å². The molecule has 2 fully saturated rings. The normalized spacial score (nSPS) is 19.0. The van der Waals surface area contributed by atoms with E-state index in [0.29, 0.717) is 37.6 Å². The number of halogens is 2. The zero-order valence-corrected chi connectivity index (χ0v) is 18.5. The van der Waals surface area contributed by atoms with Crippen molar-refractivity contribution in [3.8, 4) is 5.75 Å². The lowest BCUT2D eigenvalue weighted by Gasteiger charge is -2.29. The van der Waals surface area contributed by atoms with Crippen molar-refractivity contribution in [2.75, 3.05) is 18.4 Å². The summed E-state index contributed by atoms with van der Waals surface area (Å²) in [7, 11) is 0. The van der Waals surface area contributed by atoms with Crippen molar-refractivity contribution in [3.05, 3.63) is 46.7 Å². The molecule has 2 aromatic rings. The highest BCUT2D eigenvalue weighted by molar-refractivity contribution is 5.88. The van der Waals surface area contributed by atoms with Crippen LogP contribution in [-0.4, -0.2) is 41.2 Å². The van der Waals surface area contributed by atoms with Gasteiger partial charge < -0.3 is 14.2 Å². The molecule has 1 saturated heterocycles. The number of amides is 2. The lowest BCUT2D eigenvalue weighted by atomic mass is 9.94. The van der Waals surface area contributed by atoms with E-state index in [1.54, 1.807) is 4.90 Å². The van der Waals surface area contributed by atoms with Crippen LogP contribution < -0.4 is 10.1 Å². The molecule has 2 heterocycles. The number of anilines is 1. The quantitative estimate of drug-likeness (QED) is 0.631. The van der Waals surface area contributed by atoms with Gasteiger partial charge in [-0.1, -0.05) is 28.9 Å². The standard InChI is InChI=1S/C24H29F2N3O3/c1-16-17(2)28-32-22(16)27-23(30)29-12-8-18(9-13-29)14-19-4-3-5-21(15-19)31-20-6-10-24(25,26)11-7-20/h3-5,14-15,20H,6-13H2,1-2H3,(H,27,30). The van der Waals surface area contributed by atoms with Gasteiger partial charge in [0.1, 0.15) is 5.75 Å². The number of hydrogen-bond donors (Lipinski definition) is 1. The van der Waals surface area contributed by atoms with Crippen LogP contribution in [0.15, 0.2) is 34.4 Å². The van der Waals surface area contributed by atoms with Crippen LogP contribution in [0.4, 0.5) is 19.5 Å². The van der Waals surface area contributed by atoms with E-state index in [9.17, 15) is 13.6 Å². The van der Waals surface area contributed by atoms with Crippen LogP contribution >= 0.6 is 0 Å². The molecular formula is C24H29F2N3O3. The van der Waals surface area contributed by atoms with Crippen molar-refractivity contribution < 1.29 is 22.8 Å². The zero-order chi connectivity index (χ0) is 22.7. The minimum absolute atomic E-state index is 0.110. The molecule has 0 radical (unpaired) electrons. The molecule has 1 aromatic carbocycles. The Morgan fingerprint density at radius 2 is 1.97 bits per heavy atom. The molecule has 1 aromatic heterocycles. The largest absolute Gasteiger partial charge is 0.490 e. The lowest BCUT2D eigenvalue weighted by Crippen LogP contribution is -2.39.